The van der Waals surface area contributed by atoms with Crippen LogP contribution in [0, 0.1) is 5.41 Å². The number of aliphatic carboxylic acids is 1. The van der Waals surface area contributed by atoms with Crippen LogP contribution in [0.5, 0.6) is 0 Å². The molecule has 116 valence electrons. The number of aromatic nitrogens is 4. The highest BCUT2D eigenvalue weighted by molar-refractivity contribution is 7.16. The molecule has 0 aromatic carbocycles. The molecule has 0 saturated heterocycles. The van der Waals surface area contributed by atoms with Crippen molar-refractivity contribution in [2.45, 2.75) is 59.3 Å². The fourth-order valence-electron chi connectivity index (χ4n) is 2.36. The molecule has 0 aliphatic carbocycles. The Morgan fingerprint density at radius 1 is 1.24 bits per heavy atom. The Labute approximate surface area is 128 Å². The summed E-state index contributed by atoms with van der Waals surface area (Å²) in [5, 5.41) is 23.2. The van der Waals surface area contributed by atoms with Gasteiger partial charge in [-0.05, 0) is 12.8 Å². The van der Waals surface area contributed by atoms with Crippen LogP contribution in [0.2, 0.25) is 0 Å². The summed E-state index contributed by atoms with van der Waals surface area (Å²) >= 11 is 1.42. The summed E-state index contributed by atoms with van der Waals surface area (Å²) in [7, 11) is 0. The molecule has 0 amide bonds. The number of hydrogen-bond acceptors (Lipinski definition) is 5. The number of nitrogens with zero attached hydrogens (tertiary/aromatic N) is 4. The maximum absolute atomic E-state index is 11.6. The zero-order chi connectivity index (χ0) is 15.8. The predicted molar refractivity (Wildman–Crippen MR) is 81.7 cm³/mol. The van der Waals surface area contributed by atoms with Crippen LogP contribution in [0.25, 0.3) is 4.96 Å². The van der Waals surface area contributed by atoms with Crippen molar-refractivity contribution >= 4 is 22.3 Å². The minimum atomic E-state index is -0.755. The molecule has 0 unspecified atom stereocenters. The van der Waals surface area contributed by atoms with Gasteiger partial charge in [0.1, 0.15) is 5.01 Å². The molecule has 7 heteroatoms. The van der Waals surface area contributed by atoms with Gasteiger partial charge in [0.05, 0.1) is 5.41 Å². The smallest absolute Gasteiger partial charge is 0.310 e. The van der Waals surface area contributed by atoms with Gasteiger partial charge in [0.15, 0.2) is 5.82 Å². The van der Waals surface area contributed by atoms with Crippen molar-refractivity contribution in [1.29, 1.82) is 0 Å². The monoisotopic (exact) mass is 310 g/mol. The largest absolute Gasteiger partial charge is 0.481 e. The van der Waals surface area contributed by atoms with E-state index in [9.17, 15) is 9.90 Å². The molecule has 0 radical (unpaired) electrons. The molecule has 2 aromatic heterocycles. The number of fused-ring (bicyclic) bond motifs is 1. The zero-order valence-corrected chi connectivity index (χ0v) is 14.0. The van der Waals surface area contributed by atoms with Crippen molar-refractivity contribution in [2.24, 2.45) is 5.41 Å². The van der Waals surface area contributed by atoms with E-state index in [-0.39, 0.29) is 5.41 Å². The fraction of sp³-hybridized carbons (Fsp3) is 0.714. The summed E-state index contributed by atoms with van der Waals surface area (Å²) in [6.45, 7) is 10.0. The van der Waals surface area contributed by atoms with E-state index >= 15 is 0 Å². The highest BCUT2D eigenvalue weighted by atomic mass is 32.1. The molecule has 0 bridgehead atoms. The quantitative estimate of drug-likeness (QED) is 0.918. The van der Waals surface area contributed by atoms with Crippen LogP contribution in [0.4, 0.5) is 0 Å². The molecule has 2 heterocycles. The van der Waals surface area contributed by atoms with E-state index in [1.807, 2.05) is 13.8 Å². The van der Waals surface area contributed by atoms with Crippen molar-refractivity contribution in [3.8, 4) is 0 Å². The molecule has 0 fully saturated rings. The summed E-state index contributed by atoms with van der Waals surface area (Å²) < 4.78 is 1.75. The normalized spacial score (nSPS) is 13.0. The Morgan fingerprint density at radius 3 is 2.33 bits per heavy atom. The van der Waals surface area contributed by atoms with Gasteiger partial charge >= 0.3 is 5.97 Å². The molecule has 0 spiro atoms. The van der Waals surface area contributed by atoms with Gasteiger partial charge in [-0.2, -0.15) is 9.61 Å². The summed E-state index contributed by atoms with van der Waals surface area (Å²) in [5.74, 6) is 0.0448. The second-order valence-electron chi connectivity index (χ2n) is 6.43. The zero-order valence-electron chi connectivity index (χ0n) is 13.2. The Balaban J connectivity index is 2.40. The van der Waals surface area contributed by atoms with Crippen molar-refractivity contribution in [3.05, 3.63) is 10.8 Å². The lowest BCUT2D eigenvalue weighted by atomic mass is 9.79. The van der Waals surface area contributed by atoms with Crippen LogP contribution in [0.3, 0.4) is 0 Å². The maximum atomic E-state index is 11.6. The average molecular weight is 310 g/mol. The van der Waals surface area contributed by atoms with Crippen LogP contribution in [0.15, 0.2) is 0 Å². The van der Waals surface area contributed by atoms with Crippen LogP contribution in [-0.2, 0) is 16.6 Å². The summed E-state index contributed by atoms with van der Waals surface area (Å²) in [5.41, 5.74) is -0.894. The van der Waals surface area contributed by atoms with Crippen molar-refractivity contribution in [2.75, 3.05) is 0 Å². The van der Waals surface area contributed by atoms with E-state index in [2.05, 4.69) is 36.1 Å². The van der Waals surface area contributed by atoms with E-state index < -0.39 is 11.4 Å². The lowest BCUT2D eigenvalue weighted by Gasteiger charge is -2.25. The number of carboxylic acids is 1. The SMILES string of the molecule is CCC(CC)(Cc1nn2c(C(C)(C)C)nnc2s1)C(=O)O. The third kappa shape index (κ3) is 2.79. The second-order valence-corrected chi connectivity index (χ2v) is 7.47. The summed E-state index contributed by atoms with van der Waals surface area (Å²) in [4.78, 5) is 12.3. The third-order valence-corrected chi connectivity index (χ3v) is 4.90. The Kier molecular flexibility index (Phi) is 4.06. The van der Waals surface area contributed by atoms with E-state index in [1.54, 1.807) is 4.52 Å². The topological polar surface area (TPSA) is 80.4 Å². The molecule has 0 aliphatic heterocycles. The van der Waals surface area contributed by atoms with Gasteiger partial charge in [-0.1, -0.05) is 46.0 Å². The molecule has 0 atom stereocenters. The van der Waals surface area contributed by atoms with Gasteiger partial charge in [0.2, 0.25) is 4.96 Å². The molecular formula is C14H22N4O2S. The fourth-order valence-corrected chi connectivity index (χ4v) is 3.34. The van der Waals surface area contributed by atoms with Crippen LogP contribution >= 0.6 is 11.3 Å². The molecule has 1 N–H and O–H groups in total. The summed E-state index contributed by atoms with van der Waals surface area (Å²) in [6, 6.07) is 0. The van der Waals surface area contributed by atoms with Crippen molar-refractivity contribution < 1.29 is 9.90 Å². The van der Waals surface area contributed by atoms with E-state index in [1.165, 1.54) is 11.3 Å². The first-order valence-corrected chi connectivity index (χ1v) is 8.00. The van der Waals surface area contributed by atoms with E-state index in [0.717, 1.165) is 15.8 Å². The van der Waals surface area contributed by atoms with Gasteiger partial charge in [-0.25, -0.2) is 0 Å². The minimum Gasteiger partial charge on any atom is -0.481 e. The molecular weight excluding hydrogens is 288 g/mol. The number of rotatable bonds is 5. The average Bonchev–Trinajstić information content (AvgIpc) is 2.93. The van der Waals surface area contributed by atoms with Gasteiger partial charge < -0.3 is 5.11 Å². The van der Waals surface area contributed by atoms with Gasteiger partial charge in [-0.3, -0.25) is 4.79 Å². The highest BCUT2D eigenvalue weighted by Crippen LogP contribution is 2.33. The first-order chi connectivity index (χ1) is 9.73. The number of hydrogen-bond donors (Lipinski definition) is 1. The Bertz CT molecular complexity index is 650. The first-order valence-electron chi connectivity index (χ1n) is 7.18. The van der Waals surface area contributed by atoms with Crippen molar-refractivity contribution in [3.63, 3.8) is 0 Å². The molecule has 2 aromatic rings. The summed E-state index contributed by atoms with van der Waals surface area (Å²) in [6.07, 6.45) is 1.61. The van der Waals surface area contributed by atoms with E-state index in [4.69, 9.17) is 0 Å². The molecule has 0 saturated carbocycles. The van der Waals surface area contributed by atoms with Gasteiger partial charge in [0, 0.05) is 11.8 Å². The third-order valence-electron chi connectivity index (χ3n) is 4.00. The Morgan fingerprint density at radius 2 is 1.86 bits per heavy atom. The highest BCUT2D eigenvalue weighted by Gasteiger charge is 2.36. The van der Waals surface area contributed by atoms with Crippen molar-refractivity contribution in [1.82, 2.24) is 19.8 Å². The molecule has 0 aliphatic rings. The van der Waals surface area contributed by atoms with Crippen LogP contribution < -0.4 is 0 Å². The molecule has 2 rings (SSSR count). The standard InChI is InChI=1S/C14H22N4O2S/c1-6-14(7-2,11(19)20)8-9-17-18-10(13(3,4)5)15-16-12(18)21-9/h6-8H2,1-5H3,(H,19,20). The van der Waals surface area contributed by atoms with Gasteiger partial charge in [0.25, 0.3) is 0 Å². The molecule has 6 nitrogen and oxygen atoms in total. The van der Waals surface area contributed by atoms with Crippen LogP contribution in [-0.4, -0.2) is 30.9 Å². The minimum absolute atomic E-state index is 0.149. The second kappa shape index (κ2) is 5.36. The predicted octanol–water partition coefficient (Wildman–Crippen LogP) is 2.92. The Hall–Kier alpha value is -1.50. The first kappa shape index (κ1) is 15.9. The lowest BCUT2D eigenvalue weighted by molar-refractivity contribution is -0.149. The molecule has 21 heavy (non-hydrogen) atoms. The van der Waals surface area contributed by atoms with E-state index in [0.29, 0.717) is 19.3 Å². The van der Waals surface area contributed by atoms with Crippen LogP contribution in [0.1, 0.15) is 58.3 Å². The maximum Gasteiger partial charge on any atom is 0.310 e. The number of carboxylic acid groups (broad SMARTS) is 1. The number of carbonyl (C=O) groups is 1. The van der Waals surface area contributed by atoms with Gasteiger partial charge in [-0.15, -0.1) is 10.2 Å². The lowest BCUT2D eigenvalue weighted by Crippen LogP contribution is -2.32.